The van der Waals surface area contributed by atoms with Gasteiger partial charge < -0.3 is 14.3 Å². The van der Waals surface area contributed by atoms with Crippen LogP contribution in [0.4, 0.5) is 0 Å². The van der Waals surface area contributed by atoms with Gasteiger partial charge in [-0.15, -0.1) is 0 Å². The molecular weight excluding hydrogens is 250 g/mol. The van der Waals surface area contributed by atoms with Crippen molar-refractivity contribution in [1.82, 2.24) is 14.9 Å². The van der Waals surface area contributed by atoms with Crippen molar-refractivity contribution in [3.63, 3.8) is 0 Å². The molecule has 3 rings (SSSR count). The number of aromatic nitrogens is 2. The van der Waals surface area contributed by atoms with Crippen molar-refractivity contribution in [3.8, 4) is 0 Å². The molecule has 4 nitrogen and oxygen atoms in total. The predicted octanol–water partition coefficient (Wildman–Crippen LogP) is 2.92. The summed E-state index contributed by atoms with van der Waals surface area (Å²) in [7, 11) is 0. The third-order valence-electron chi connectivity index (χ3n) is 4.52. The van der Waals surface area contributed by atoms with Gasteiger partial charge in [0.25, 0.3) is 0 Å². The molecule has 0 saturated carbocycles. The Morgan fingerprint density at radius 1 is 1.55 bits per heavy atom. The average Bonchev–Trinajstić information content (AvgIpc) is 3.17. The molecule has 20 heavy (non-hydrogen) atoms. The molecule has 0 aromatic carbocycles. The summed E-state index contributed by atoms with van der Waals surface area (Å²) in [6.07, 6.45) is 8.99. The maximum Gasteiger partial charge on any atom is 0.103 e. The van der Waals surface area contributed by atoms with Crippen molar-refractivity contribution >= 4 is 0 Å². The molecule has 2 unspecified atom stereocenters. The fourth-order valence-electron chi connectivity index (χ4n) is 3.10. The minimum Gasteiger partial charge on any atom is -0.469 e. The van der Waals surface area contributed by atoms with E-state index >= 15 is 0 Å². The standard InChI is InChI=1S/C16H23N3O/c1-13(5-6-14-4-3-9-20-14)19-12-18-10-15(19)16(2)7-8-17-11-16/h3-4,9-10,12-13,17H,5-8,11H2,1-2H3. The lowest BCUT2D eigenvalue weighted by molar-refractivity contribution is 0.409. The second-order valence-electron chi connectivity index (χ2n) is 6.14. The van der Waals surface area contributed by atoms with Crippen molar-refractivity contribution in [3.05, 3.63) is 42.4 Å². The molecule has 0 spiro atoms. The zero-order valence-electron chi connectivity index (χ0n) is 12.3. The van der Waals surface area contributed by atoms with Crippen LogP contribution in [0.15, 0.2) is 35.3 Å². The Bertz CT molecular complexity index is 538. The molecular formula is C16H23N3O. The van der Waals surface area contributed by atoms with Gasteiger partial charge in [0.1, 0.15) is 5.76 Å². The average molecular weight is 273 g/mol. The molecule has 2 atom stereocenters. The van der Waals surface area contributed by atoms with Crippen molar-refractivity contribution in [2.24, 2.45) is 0 Å². The summed E-state index contributed by atoms with van der Waals surface area (Å²) in [6, 6.07) is 4.44. The topological polar surface area (TPSA) is 43.0 Å². The monoisotopic (exact) mass is 273 g/mol. The number of furan rings is 1. The van der Waals surface area contributed by atoms with Crippen LogP contribution >= 0.6 is 0 Å². The Labute approximate surface area is 120 Å². The van der Waals surface area contributed by atoms with Crippen molar-refractivity contribution in [1.29, 1.82) is 0 Å². The zero-order chi connectivity index (χ0) is 14.0. The first-order chi connectivity index (χ1) is 9.69. The molecule has 1 saturated heterocycles. The Morgan fingerprint density at radius 3 is 3.15 bits per heavy atom. The summed E-state index contributed by atoms with van der Waals surface area (Å²) in [5, 5.41) is 3.47. The second-order valence-corrected chi connectivity index (χ2v) is 6.14. The van der Waals surface area contributed by atoms with Gasteiger partial charge >= 0.3 is 0 Å². The quantitative estimate of drug-likeness (QED) is 0.911. The van der Waals surface area contributed by atoms with E-state index in [1.807, 2.05) is 24.7 Å². The minimum absolute atomic E-state index is 0.218. The summed E-state index contributed by atoms with van der Waals surface area (Å²) in [6.45, 7) is 6.74. The van der Waals surface area contributed by atoms with Crippen LogP contribution in [-0.4, -0.2) is 22.6 Å². The third-order valence-corrected chi connectivity index (χ3v) is 4.52. The highest BCUT2D eigenvalue weighted by Crippen LogP contribution is 2.32. The summed E-state index contributed by atoms with van der Waals surface area (Å²) >= 11 is 0. The molecule has 3 heterocycles. The lowest BCUT2D eigenvalue weighted by Crippen LogP contribution is -2.28. The highest BCUT2D eigenvalue weighted by molar-refractivity contribution is 5.18. The maximum atomic E-state index is 5.42. The van der Waals surface area contributed by atoms with Gasteiger partial charge in [-0.05, 0) is 38.4 Å². The van der Waals surface area contributed by atoms with Gasteiger partial charge in [-0.25, -0.2) is 4.98 Å². The van der Waals surface area contributed by atoms with Gasteiger partial charge in [0.2, 0.25) is 0 Å². The maximum absolute atomic E-state index is 5.42. The number of aryl methyl sites for hydroxylation is 1. The van der Waals surface area contributed by atoms with Crippen LogP contribution in [0.25, 0.3) is 0 Å². The van der Waals surface area contributed by atoms with E-state index in [1.54, 1.807) is 6.26 Å². The first-order valence-electron chi connectivity index (χ1n) is 7.44. The Kier molecular flexibility index (Phi) is 3.66. The van der Waals surface area contributed by atoms with Gasteiger partial charge in [-0.1, -0.05) is 6.92 Å². The van der Waals surface area contributed by atoms with E-state index in [-0.39, 0.29) is 5.41 Å². The lowest BCUT2D eigenvalue weighted by Gasteiger charge is -2.27. The molecule has 108 valence electrons. The molecule has 4 heteroatoms. The SMILES string of the molecule is CC(CCc1ccco1)n1cncc1C1(C)CCNC1. The van der Waals surface area contributed by atoms with Gasteiger partial charge in [0, 0.05) is 36.3 Å². The number of hydrogen-bond donors (Lipinski definition) is 1. The smallest absolute Gasteiger partial charge is 0.103 e. The van der Waals surface area contributed by atoms with Gasteiger partial charge in [-0.3, -0.25) is 0 Å². The van der Waals surface area contributed by atoms with Crippen LogP contribution in [0.5, 0.6) is 0 Å². The van der Waals surface area contributed by atoms with E-state index in [9.17, 15) is 0 Å². The Hall–Kier alpha value is -1.55. The van der Waals surface area contributed by atoms with E-state index in [4.69, 9.17) is 4.42 Å². The molecule has 1 aliphatic heterocycles. The van der Waals surface area contributed by atoms with Crippen molar-refractivity contribution < 1.29 is 4.42 Å². The molecule has 2 aromatic heterocycles. The summed E-state index contributed by atoms with van der Waals surface area (Å²) in [5.41, 5.74) is 1.57. The fraction of sp³-hybridized carbons (Fsp3) is 0.562. The van der Waals surface area contributed by atoms with Gasteiger partial charge in [0.15, 0.2) is 0 Å². The molecule has 1 aliphatic rings. The molecule has 1 N–H and O–H groups in total. The molecule has 2 aromatic rings. The van der Waals surface area contributed by atoms with Crippen molar-refractivity contribution in [2.45, 2.75) is 44.6 Å². The van der Waals surface area contributed by atoms with E-state index in [2.05, 4.69) is 28.7 Å². The highest BCUT2D eigenvalue weighted by Gasteiger charge is 2.34. The summed E-state index contributed by atoms with van der Waals surface area (Å²) in [5.74, 6) is 1.06. The Morgan fingerprint density at radius 2 is 2.45 bits per heavy atom. The summed E-state index contributed by atoms with van der Waals surface area (Å²) < 4.78 is 7.76. The number of rotatable bonds is 5. The normalized spacial score (nSPS) is 24.1. The molecule has 0 amide bonds. The summed E-state index contributed by atoms with van der Waals surface area (Å²) in [4.78, 5) is 4.39. The Balaban J connectivity index is 1.72. The first-order valence-corrected chi connectivity index (χ1v) is 7.44. The predicted molar refractivity (Wildman–Crippen MR) is 78.8 cm³/mol. The van der Waals surface area contributed by atoms with Gasteiger partial charge in [0.05, 0.1) is 12.6 Å². The molecule has 0 bridgehead atoms. The first kappa shape index (κ1) is 13.4. The van der Waals surface area contributed by atoms with Crippen molar-refractivity contribution in [2.75, 3.05) is 13.1 Å². The van der Waals surface area contributed by atoms with Crippen LogP contribution in [0.1, 0.15) is 44.2 Å². The van der Waals surface area contributed by atoms with E-state index in [0.29, 0.717) is 6.04 Å². The minimum atomic E-state index is 0.218. The zero-order valence-corrected chi connectivity index (χ0v) is 12.3. The fourth-order valence-corrected chi connectivity index (χ4v) is 3.10. The largest absolute Gasteiger partial charge is 0.469 e. The van der Waals surface area contributed by atoms with E-state index in [0.717, 1.165) is 31.7 Å². The number of imidazole rings is 1. The van der Waals surface area contributed by atoms with Crippen LogP contribution in [0.2, 0.25) is 0 Å². The van der Waals surface area contributed by atoms with Crippen LogP contribution in [0.3, 0.4) is 0 Å². The van der Waals surface area contributed by atoms with Crippen LogP contribution in [0, 0.1) is 0 Å². The molecule has 0 aliphatic carbocycles. The number of hydrogen-bond acceptors (Lipinski definition) is 3. The second kappa shape index (κ2) is 5.44. The third kappa shape index (κ3) is 2.52. The highest BCUT2D eigenvalue weighted by atomic mass is 16.3. The van der Waals surface area contributed by atoms with Gasteiger partial charge in [-0.2, -0.15) is 0 Å². The van der Waals surface area contributed by atoms with E-state index in [1.165, 1.54) is 12.1 Å². The molecule has 0 radical (unpaired) electrons. The number of nitrogens with one attached hydrogen (secondary N) is 1. The number of nitrogens with zero attached hydrogens (tertiary/aromatic N) is 2. The molecule has 1 fully saturated rings. The lowest BCUT2D eigenvalue weighted by atomic mass is 9.86. The van der Waals surface area contributed by atoms with Crippen LogP contribution < -0.4 is 5.32 Å². The van der Waals surface area contributed by atoms with E-state index < -0.39 is 0 Å². The van der Waals surface area contributed by atoms with Crippen LogP contribution in [-0.2, 0) is 11.8 Å².